The molecular formula is C13H11F3O3. The van der Waals surface area contributed by atoms with E-state index in [1.54, 1.807) is 6.92 Å². The van der Waals surface area contributed by atoms with Crippen LogP contribution in [0.2, 0.25) is 0 Å². The average molecular weight is 272 g/mol. The fourth-order valence-corrected chi connectivity index (χ4v) is 1.83. The van der Waals surface area contributed by atoms with Crippen LogP contribution in [0, 0.1) is 0 Å². The van der Waals surface area contributed by atoms with Crippen molar-refractivity contribution in [3.8, 4) is 5.75 Å². The summed E-state index contributed by atoms with van der Waals surface area (Å²) in [6, 6.07) is 3.71. The molecule has 0 atom stereocenters. The van der Waals surface area contributed by atoms with Gasteiger partial charge in [0.1, 0.15) is 0 Å². The average Bonchev–Trinajstić information content (AvgIpc) is 2.81. The third-order valence-electron chi connectivity index (χ3n) is 2.77. The number of ketones is 1. The van der Waals surface area contributed by atoms with E-state index in [2.05, 4.69) is 0 Å². The highest BCUT2D eigenvalue weighted by Crippen LogP contribution is 2.38. The Balaban J connectivity index is 2.74. The van der Waals surface area contributed by atoms with Crippen molar-refractivity contribution in [2.24, 2.45) is 0 Å². The lowest BCUT2D eigenvalue weighted by Gasteiger charge is -2.04. The number of fused-ring (bicyclic) bond motifs is 1. The van der Waals surface area contributed by atoms with Crippen LogP contribution in [-0.2, 0) is 6.18 Å². The molecule has 3 nitrogen and oxygen atoms in total. The lowest BCUT2D eigenvalue weighted by atomic mass is 10.0. The Morgan fingerprint density at radius 3 is 2.58 bits per heavy atom. The summed E-state index contributed by atoms with van der Waals surface area (Å²) in [6.07, 6.45) is -4.40. The molecule has 2 aromatic rings. The molecule has 0 spiro atoms. The van der Waals surface area contributed by atoms with Crippen molar-refractivity contribution in [3.63, 3.8) is 0 Å². The molecule has 2 rings (SSSR count). The van der Waals surface area contributed by atoms with E-state index in [0.717, 1.165) is 6.07 Å². The number of halogens is 3. The molecule has 0 N–H and O–H groups in total. The number of ether oxygens (including phenoxy) is 1. The molecule has 6 heteroatoms. The van der Waals surface area contributed by atoms with E-state index < -0.39 is 11.9 Å². The van der Waals surface area contributed by atoms with Crippen molar-refractivity contribution >= 4 is 16.8 Å². The molecule has 0 bridgehead atoms. The van der Waals surface area contributed by atoms with E-state index in [1.807, 2.05) is 0 Å². The Bertz CT molecular complexity index is 626. The monoisotopic (exact) mass is 272 g/mol. The smallest absolute Gasteiger partial charge is 0.449 e. The second kappa shape index (κ2) is 4.60. The maximum Gasteiger partial charge on any atom is 0.449 e. The van der Waals surface area contributed by atoms with E-state index in [1.165, 1.54) is 19.2 Å². The summed E-state index contributed by atoms with van der Waals surface area (Å²) in [4.78, 5) is 11.7. The number of hydrogen-bond acceptors (Lipinski definition) is 3. The summed E-state index contributed by atoms with van der Waals surface area (Å²) < 4.78 is 47.7. The lowest BCUT2D eigenvalue weighted by Crippen LogP contribution is -2.02. The first-order valence-electron chi connectivity index (χ1n) is 5.59. The molecule has 1 heterocycles. The highest BCUT2D eigenvalue weighted by Gasteiger charge is 2.36. The maximum atomic E-state index is 12.7. The Morgan fingerprint density at radius 1 is 1.37 bits per heavy atom. The van der Waals surface area contributed by atoms with Crippen molar-refractivity contribution in [2.75, 3.05) is 7.11 Å². The van der Waals surface area contributed by atoms with E-state index in [0.29, 0.717) is 0 Å². The normalized spacial score (nSPS) is 11.8. The minimum atomic E-state index is -4.60. The van der Waals surface area contributed by atoms with Gasteiger partial charge in [0.2, 0.25) is 5.76 Å². The lowest BCUT2D eigenvalue weighted by molar-refractivity contribution is -0.152. The van der Waals surface area contributed by atoms with Gasteiger partial charge in [0.25, 0.3) is 0 Å². The zero-order chi connectivity index (χ0) is 14.2. The van der Waals surface area contributed by atoms with Crippen LogP contribution in [0.1, 0.15) is 29.5 Å². The quantitative estimate of drug-likeness (QED) is 0.791. The second-order valence-electron chi connectivity index (χ2n) is 3.94. The van der Waals surface area contributed by atoms with Gasteiger partial charge in [-0.3, -0.25) is 4.79 Å². The third kappa shape index (κ3) is 2.30. The Morgan fingerprint density at radius 2 is 2.05 bits per heavy atom. The number of furan rings is 1. The van der Waals surface area contributed by atoms with Gasteiger partial charge in [0.15, 0.2) is 17.1 Å². The summed E-state index contributed by atoms with van der Waals surface area (Å²) in [6.45, 7) is 1.64. The molecule has 1 aromatic heterocycles. The Kier molecular flexibility index (Phi) is 3.26. The van der Waals surface area contributed by atoms with E-state index in [-0.39, 0.29) is 34.5 Å². The first-order valence-corrected chi connectivity index (χ1v) is 5.59. The summed E-state index contributed by atoms with van der Waals surface area (Å²) in [7, 11) is 1.33. The number of alkyl halides is 3. The summed E-state index contributed by atoms with van der Waals surface area (Å²) >= 11 is 0. The van der Waals surface area contributed by atoms with E-state index in [4.69, 9.17) is 9.15 Å². The van der Waals surface area contributed by atoms with Gasteiger partial charge in [-0.2, -0.15) is 13.2 Å². The van der Waals surface area contributed by atoms with Gasteiger partial charge in [0, 0.05) is 17.4 Å². The molecule has 0 saturated heterocycles. The van der Waals surface area contributed by atoms with Crippen LogP contribution in [0.4, 0.5) is 13.2 Å². The first-order chi connectivity index (χ1) is 8.88. The van der Waals surface area contributed by atoms with Crippen LogP contribution in [0.15, 0.2) is 22.6 Å². The number of hydrogen-bond donors (Lipinski definition) is 0. The molecule has 0 aliphatic carbocycles. The number of benzene rings is 1. The Labute approximate surface area is 107 Å². The summed E-state index contributed by atoms with van der Waals surface area (Å²) in [5.74, 6) is -1.22. The van der Waals surface area contributed by atoms with Crippen LogP contribution in [0.25, 0.3) is 11.0 Å². The fourth-order valence-electron chi connectivity index (χ4n) is 1.83. The van der Waals surface area contributed by atoms with Gasteiger partial charge in [0.05, 0.1) is 7.11 Å². The second-order valence-corrected chi connectivity index (χ2v) is 3.94. The predicted octanol–water partition coefficient (Wildman–Crippen LogP) is 4.05. The van der Waals surface area contributed by atoms with Crippen LogP contribution in [0.3, 0.4) is 0 Å². The molecule has 0 fully saturated rings. The van der Waals surface area contributed by atoms with Crippen molar-refractivity contribution < 1.29 is 27.1 Å². The third-order valence-corrected chi connectivity index (χ3v) is 2.77. The maximum absolute atomic E-state index is 12.7. The number of Topliss-reactive ketones (excluding diaryl/α,β-unsaturated/α-hetero) is 1. The van der Waals surface area contributed by atoms with Crippen LogP contribution in [0.5, 0.6) is 5.75 Å². The largest absolute Gasteiger partial charge is 0.493 e. The van der Waals surface area contributed by atoms with Gasteiger partial charge in [-0.15, -0.1) is 0 Å². The predicted molar refractivity (Wildman–Crippen MR) is 62.4 cm³/mol. The first kappa shape index (κ1) is 13.5. The number of methoxy groups -OCH3 is 1. The van der Waals surface area contributed by atoms with Crippen LogP contribution >= 0.6 is 0 Å². The van der Waals surface area contributed by atoms with Crippen molar-refractivity contribution in [1.82, 2.24) is 0 Å². The molecular weight excluding hydrogens is 261 g/mol. The zero-order valence-corrected chi connectivity index (χ0v) is 10.3. The zero-order valence-electron chi connectivity index (χ0n) is 10.3. The molecule has 0 radical (unpaired) electrons. The van der Waals surface area contributed by atoms with Gasteiger partial charge < -0.3 is 9.15 Å². The molecule has 1 aromatic carbocycles. The standard InChI is InChI=1S/C13H11F3O3/c1-3-9(17)7-4-5-10(18-2)12-8(7)6-11(19-12)13(14,15)16/h4-6H,3H2,1-2H3. The molecule has 0 unspecified atom stereocenters. The molecule has 0 aliphatic rings. The highest BCUT2D eigenvalue weighted by atomic mass is 19.4. The van der Waals surface area contributed by atoms with Crippen LogP contribution in [-0.4, -0.2) is 12.9 Å². The van der Waals surface area contributed by atoms with Gasteiger partial charge in [-0.25, -0.2) is 0 Å². The molecule has 0 aliphatic heterocycles. The van der Waals surface area contributed by atoms with Crippen molar-refractivity contribution in [2.45, 2.75) is 19.5 Å². The Hall–Kier alpha value is -1.98. The van der Waals surface area contributed by atoms with Gasteiger partial charge >= 0.3 is 6.18 Å². The molecule has 19 heavy (non-hydrogen) atoms. The molecule has 102 valence electrons. The minimum Gasteiger partial charge on any atom is -0.493 e. The van der Waals surface area contributed by atoms with Crippen molar-refractivity contribution in [3.05, 3.63) is 29.5 Å². The summed E-state index contributed by atoms with van der Waals surface area (Å²) in [5.41, 5.74) is 0.145. The highest BCUT2D eigenvalue weighted by molar-refractivity contribution is 6.08. The van der Waals surface area contributed by atoms with Crippen LogP contribution < -0.4 is 4.74 Å². The fraction of sp³-hybridized carbons (Fsp3) is 0.308. The summed E-state index contributed by atoms with van der Waals surface area (Å²) in [5, 5.41) is 0.124. The minimum absolute atomic E-state index is 0.0610. The number of carbonyl (C=O) groups excluding carboxylic acids is 1. The molecule has 0 saturated carbocycles. The van der Waals surface area contributed by atoms with E-state index >= 15 is 0 Å². The van der Waals surface area contributed by atoms with Gasteiger partial charge in [-0.1, -0.05) is 6.92 Å². The van der Waals surface area contributed by atoms with E-state index in [9.17, 15) is 18.0 Å². The number of carbonyl (C=O) groups is 1. The van der Waals surface area contributed by atoms with Crippen molar-refractivity contribution in [1.29, 1.82) is 0 Å². The molecule has 0 amide bonds. The van der Waals surface area contributed by atoms with Gasteiger partial charge in [-0.05, 0) is 18.2 Å². The number of rotatable bonds is 3. The topological polar surface area (TPSA) is 39.4 Å². The SMILES string of the molecule is CCC(=O)c1ccc(OC)c2oc(C(F)(F)F)cc12.